The summed E-state index contributed by atoms with van der Waals surface area (Å²) in [6, 6.07) is 4.86. The van der Waals surface area contributed by atoms with Gasteiger partial charge in [-0.1, -0.05) is 12.8 Å². The van der Waals surface area contributed by atoms with Crippen LogP contribution in [0, 0.1) is 5.92 Å². The van der Waals surface area contributed by atoms with Crippen molar-refractivity contribution in [1.82, 2.24) is 4.98 Å². The molecule has 4 heteroatoms. The molecule has 1 saturated carbocycles. The number of nitrogens with zero attached hydrogens (tertiary/aromatic N) is 2. The van der Waals surface area contributed by atoms with Crippen molar-refractivity contribution in [1.29, 1.82) is 0 Å². The molecule has 2 atom stereocenters. The van der Waals surface area contributed by atoms with Gasteiger partial charge < -0.3 is 16.0 Å². The van der Waals surface area contributed by atoms with Crippen LogP contribution in [0.5, 0.6) is 0 Å². The van der Waals surface area contributed by atoms with Crippen LogP contribution in [0.2, 0.25) is 0 Å². The minimum atomic E-state index is 0.520. The molecule has 1 saturated heterocycles. The van der Waals surface area contributed by atoms with Crippen LogP contribution in [0.25, 0.3) is 0 Å². The molecule has 1 aromatic heterocycles. The minimum absolute atomic E-state index is 0.520. The summed E-state index contributed by atoms with van der Waals surface area (Å²) in [6.45, 7) is 3.09. The van der Waals surface area contributed by atoms with E-state index in [1.165, 1.54) is 44.9 Å². The van der Waals surface area contributed by atoms with Gasteiger partial charge >= 0.3 is 0 Å². The van der Waals surface area contributed by atoms with Crippen molar-refractivity contribution < 1.29 is 0 Å². The van der Waals surface area contributed by atoms with Crippen LogP contribution in [-0.2, 0) is 0 Å². The van der Waals surface area contributed by atoms with Crippen LogP contribution in [-0.4, -0.2) is 30.7 Å². The van der Waals surface area contributed by atoms with Gasteiger partial charge in [-0.25, -0.2) is 4.98 Å². The van der Waals surface area contributed by atoms with Crippen LogP contribution >= 0.6 is 0 Å². The van der Waals surface area contributed by atoms with E-state index < -0.39 is 0 Å². The van der Waals surface area contributed by atoms with Crippen LogP contribution < -0.4 is 16.0 Å². The lowest BCUT2D eigenvalue weighted by Gasteiger charge is -2.32. The highest BCUT2D eigenvalue weighted by Crippen LogP contribution is 2.27. The first kappa shape index (κ1) is 14.6. The van der Waals surface area contributed by atoms with Gasteiger partial charge in [0.05, 0.1) is 11.9 Å². The molecule has 0 amide bonds. The predicted octanol–water partition coefficient (Wildman–Crippen LogP) is 3.00. The topological polar surface area (TPSA) is 54.2 Å². The number of piperidine rings is 1. The molecule has 4 nitrogen and oxygen atoms in total. The maximum absolute atomic E-state index is 5.91. The van der Waals surface area contributed by atoms with Crippen molar-refractivity contribution >= 4 is 11.5 Å². The Morgan fingerprint density at radius 1 is 1.10 bits per heavy atom. The smallest absolute Gasteiger partial charge is 0.128 e. The Labute approximate surface area is 128 Å². The first-order valence-corrected chi connectivity index (χ1v) is 8.54. The molecule has 2 fully saturated rings. The Balaban J connectivity index is 1.61. The van der Waals surface area contributed by atoms with Crippen molar-refractivity contribution in [2.24, 2.45) is 11.7 Å². The summed E-state index contributed by atoms with van der Waals surface area (Å²) in [5, 5.41) is 3.65. The second-order valence-electron chi connectivity index (χ2n) is 6.48. The van der Waals surface area contributed by atoms with Crippen LogP contribution in [0.3, 0.4) is 0 Å². The quantitative estimate of drug-likeness (QED) is 0.894. The lowest BCUT2D eigenvalue weighted by atomic mass is 9.84. The number of aromatic nitrogens is 1. The van der Waals surface area contributed by atoms with Crippen molar-refractivity contribution in [2.75, 3.05) is 29.9 Å². The zero-order chi connectivity index (χ0) is 14.5. The first-order chi connectivity index (χ1) is 10.4. The van der Waals surface area contributed by atoms with Crippen molar-refractivity contribution in [3.63, 3.8) is 0 Å². The lowest BCUT2D eigenvalue weighted by molar-refractivity contribution is 0.332. The Morgan fingerprint density at radius 3 is 2.62 bits per heavy atom. The monoisotopic (exact) mass is 288 g/mol. The van der Waals surface area contributed by atoms with Crippen molar-refractivity contribution in [3.05, 3.63) is 18.3 Å². The summed E-state index contributed by atoms with van der Waals surface area (Å²) in [5.41, 5.74) is 7.05. The van der Waals surface area contributed by atoms with Crippen molar-refractivity contribution in [3.8, 4) is 0 Å². The molecule has 0 radical (unpaired) electrons. The van der Waals surface area contributed by atoms with Crippen LogP contribution in [0.4, 0.5) is 11.5 Å². The normalized spacial score (nSPS) is 26.6. The van der Waals surface area contributed by atoms with Gasteiger partial charge in [0.15, 0.2) is 0 Å². The molecule has 2 aliphatic rings. The van der Waals surface area contributed by atoms with E-state index in [0.29, 0.717) is 12.0 Å². The van der Waals surface area contributed by atoms with Crippen molar-refractivity contribution in [2.45, 2.75) is 51.0 Å². The summed E-state index contributed by atoms with van der Waals surface area (Å²) in [6.07, 6.45) is 11.1. The molecule has 2 unspecified atom stereocenters. The van der Waals surface area contributed by atoms with Gasteiger partial charge in [-0.05, 0) is 56.7 Å². The lowest BCUT2D eigenvalue weighted by Crippen LogP contribution is -2.36. The number of nitrogens with two attached hydrogens (primary N) is 1. The van der Waals surface area contributed by atoms with E-state index in [2.05, 4.69) is 27.3 Å². The summed E-state index contributed by atoms with van der Waals surface area (Å²) >= 11 is 0. The van der Waals surface area contributed by atoms with E-state index in [0.717, 1.165) is 31.1 Å². The van der Waals surface area contributed by atoms with Gasteiger partial charge in [0, 0.05) is 19.1 Å². The zero-order valence-corrected chi connectivity index (χ0v) is 12.9. The van der Waals surface area contributed by atoms with Crippen LogP contribution in [0.1, 0.15) is 44.9 Å². The Bertz CT molecular complexity index is 425. The molecule has 21 heavy (non-hydrogen) atoms. The molecule has 0 spiro atoms. The number of rotatable bonds is 4. The highest BCUT2D eigenvalue weighted by atomic mass is 15.2. The summed E-state index contributed by atoms with van der Waals surface area (Å²) in [7, 11) is 0. The fourth-order valence-electron chi connectivity index (χ4n) is 3.68. The van der Waals surface area contributed by atoms with E-state index in [1.54, 1.807) is 0 Å². The molecule has 1 aliphatic carbocycles. The third-order valence-electron chi connectivity index (χ3n) is 4.99. The molecule has 3 rings (SSSR count). The molecule has 1 aromatic rings. The SMILES string of the molecule is NCC1CCCCC1Nc1ccc(N2CCCCC2)nc1. The van der Waals surface area contributed by atoms with Gasteiger partial charge in [-0.3, -0.25) is 0 Å². The molecule has 0 aromatic carbocycles. The largest absolute Gasteiger partial charge is 0.381 e. The first-order valence-electron chi connectivity index (χ1n) is 8.54. The third-order valence-corrected chi connectivity index (χ3v) is 4.99. The van der Waals surface area contributed by atoms with Gasteiger partial charge in [0.2, 0.25) is 0 Å². The third kappa shape index (κ3) is 3.67. The number of nitrogens with one attached hydrogen (secondary N) is 1. The summed E-state index contributed by atoms with van der Waals surface area (Å²) in [5.74, 6) is 1.74. The van der Waals surface area contributed by atoms with E-state index >= 15 is 0 Å². The van der Waals surface area contributed by atoms with E-state index in [9.17, 15) is 0 Å². The van der Waals surface area contributed by atoms with E-state index in [-0.39, 0.29) is 0 Å². The maximum atomic E-state index is 5.91. The Morgan fingerprint density at radius 2 is 1.90 bits per heavy atom. The Hall–Kier alpha value is -1.29. The number of hydrogen-bond acceptors (Lipinski definition) is 4. The van der Waals surface area contributed by atoms with Gasteiger partial charge in [0.25, 0.3) is 0 Å². The maximum Gasteiger partial charge on any atom is 0.128 e. The van der Waals surface area contributed by atoms with E-state index in [4.69, 9.17) is 5.73 Å². The average Bonchev–Trinajstić information content (AvgIpc) is 2.57. The molecule has 0 bridgehead atoms. The molecule has 2 heterocycles. The zero-order valence-electron chi connectivity index (χ0n) is 12.9. The second kappa shape index (κ2) is 7.12. The van der Waals surface area contributed by atoms with Crippen LogP contribution in [0.15, 0.2) is 18.3 Å². The van der Waals surface area contributed by atoms with Gasteiger partial charge in [-0.15, -0.1) is 0 Å². The highest BCUT2D eigenvalue weighted by Gasteiger charge is 2.23. The van der Waals surface area contributed by atoms with Gasteiger partial charge in [0.1, 0.15) is 5.82 Å². The summed E-state index contributed by atoms with van der Waals surface area (Å²) < 4.78 is 0. The average molecular weight is 288 g/mol. The highest BCUT2D eigenvalue weighted by molar-refractivity contribution is 5.49. The van der Waals surface area contributed by atoms with Gasteiger partial charge in [-0.2, -0.15) is 0 Å². The number of anilines is 2. The summed E-state index contributed by atoms with van der Waals surface area (Å²) in [4.78, 5) is 7.05. The number of pyridine rings is 1. The minimum Gasteiger partial charge on any atom is -0.381 e. The molecule has 3 N–H and O–H groups in total. The molecular formula is C17H28N4. The second-order valence-corrected chi connectivity index (χ2v) is 6.48. The predicted molar refractivity (Wildman–Crippen MR) is 88.7 cm³/mol. The fraction of sp³-hybridized carbons (Fsp3) is 0.706. The standard InChI is InChI=1S/C17H28N4/c18-12-14-6-2-3-7-16(14)20-15-8-9-17(19-13-15)21-10-4-1-5-11-21/h8-9,13-14,16,20H,1-7,10-12,18H2. The molecule has 116 valence electrons. The fourth-order valence-corrected chi connectivity index (χ4v) is 3.68. The number of hydrogen-bond donors (Lipinski definition) is 2. The van der Waals surface area contributed by atoms with E-state index in [1.807, 2.05) is 6.20 Å². The molecule has 1 aliphatic heterocycles. The Kier molecular flexibility index (Phi) is 4.96. The molecular weight excluding hydrogens is 260 g/mol.